The van der Waals surface area contributed by atoms with E-state index in [9.17, 15) is 0 Å². The Hall–Kier alpha value is -1.06. The molecule has 0 aliphatic rings. The van der Waals surface area contributed by atoms with Gasteiger partial charge in [-0.1, -0.05) is 6.08 Å². The number of nitrogens with two attached hydrogens (primary N) is 1. The molecule has 1 aromatic heterocycles. The monoisotopic (exact) mass is 167 g/mol. The highest BCUT2D eigenvalue weighted by molar-refractivity contribution is 5.47. The molecular weight excluding hydrogens is 154 g/mol. The molecule has 3 heteroatoms. The highest BCUT2D eigenvalue weighted by Crippen LogP contribution is 2.12. The first-order chi connectivity index (χ1) is 5.88. The lowest BCUT2D eigenvalue weighted by molar-refractivity contribution is 0.184. The Morgan fingerprint density at radius 3 is 3.17 bits per heavy atom. The SMILES string of the molecule is COCc1ccoc1/C=C/CN. The number of ether oxygens (including phenoxy) is 1. The van der Waals surface area contributed by atoms with E-state index in [2.05, 4.69) is 0 Å². The second-order valence-corrected chi connectivity index (χ2v) is 2.38. The van der Waals surface area contributed by atoms with Gasteiger partial charge in [0.15, 0.2) is 0 Å². The van der Waals surface area contributed by atoms with Crippen LogP contribution >= 0.6 is 0 Å². The van der Waals surface area contributed by atoms with Crippen LogP contribution in [-0.4, -0.2) is 13.7 Å². The van der Waals surface area contributed by atoms with Crippen molar-refractivity contribution in [2.75, 3.05) is 13.7 Å². The van der Waals surface area contributed by atoms with E-state index in [0.717, 1.165) is 11.3 Å². The fraction of sp³-hybridized carbons (Fsp3) is 0.333. The maximum Gasteiger partial charge on any atom is 0.131 e. The van der Waals surface area contributed by atoms with Gasteiger partial charge in [-0.25, -0.2) is 0 Å². The summed E-state index contributed by atoms with van der Waals surface area (Å²) < 4.78 is 10.2. The lowest BCUT2D eigenvalue weighted by Gasteiger charge is -1.95. The molecule has 2 N–H and O–H groups in total. The Morgan fingerprint density at radius 1 is 1.67 bits per heavy atom. The standard InChI is InChI=1S/C9H13NO2/c1-11-7-8-4-6-12-9(8)3-2-5-10/h2-4,6H,5,7,10H2,1H3/b3-2+. The largest absolute Gasteiger partial charge is 0.465 e. The summed E-state index contributed by atoms with van der Waals surface area (Å²) in [6, 6.07) is 1.89. The fourth-order valence-electron chi connectivity index (χ4n) is 0.943. The molecule has 0 fully saturated rings. The Labute approximate surface area is 71.8 Å². The first-order valence-electron chi connectivity index (χ1n) is 3.80. The maximum atomic E-state index is 5.31. The zero-order chi connectivity index (χ0) is 8.81. The minimum Gasteiger partial charge on any atom is -0.465 e. The van der Waals surface area contributed by atoms with Crippen molar-refractivity contribution < 1.29 is 9.15 Å². The Bertz CT molecular complexity index is 253. The zero-order valence-electron chi connectivity index (χ0n) is 7.12. The quantitative estimate of drug-likeness (QED) is 0.737. The Kier molecular flexibility index (Phi) is 3.57. The predicted molar refractivity (Wildman–Crippen MR) is 47.5 cm³/mol. The second-order valence-electron chi connectivity index (χ2n) is 2.38. The molecule has 0 bridgehead atoms. The van der Waals surface area contributed by atoms with E-state index in [1.165, 1.54) is 0 Å². The third-order valence-corrected chi connectivity index (χ3v) is 1.49. The lowest BCUT2D eigenvalue weighted by atomic mass is 10.2. The third-order valence-electron chi connectivity index (χ3n) is 1.49. The Morgan fingerprint density at radius 2 is 2.50 bits per heavy atom. The van der Waals surface area contributed by atoms with Crippen LogP contribution in [0.4, 0.5) is 0 Å². The van der Waals surface area contributed by atoms with Crippen molar-refractivity contribution >= 4 is 6.08 Å². The van der Waals surface area contributed by atoms with Crippen molar-refractivity contribution in [3.05, 3.63) is 29.7 Å². The van der Waals surface area contributed by atoms with Crippen LogP contribution in [-0.2, 0) is 11.3 Å². The molecule has 0 atom stereocenters. The van der Waals surface area contributed by atoms with Crippen LogP contribution in [0.5, 0.6) is 0 Å². The molecule has 0 spiro atoms. The smallest absolute Gasteiger partial charge is 0.131 e. The van der Waals surface area contributed by atoms with Gasteiger partial charge in [0.25, 0.3) is 0 Å². The van der Waals surface area contributed by atoms with E-state index in [1.54, 1.807) is 13.4 Å². The summed E-state index contributed by atoms with van der Waals surface area (Å²) in [7, 11) is 1.66. The maximum absolute atomic E-state index is 5.31. The van der Waals surface area contributed by atoms with Gasteiger partial charge >= 0.3 is 0 Å². The van der Waals surface area contributed by atoms with E-state index in [4.69, 9.17) is 14.9 Å². The van der Waals surface area contributed by atoms with Crippen LogP contribution in [0.1, 0.15) is 11.3 Å². The summed E-state index contributed by atoms with van der Waals surface area (Å²) in [5, 5.41) is 0. The minimum absolute atomic E-state index is 0.521. The van der Waals surface area contributed by atoms with E-state index in [0.29, 0.717) is 13.2 Å². The summed E-state index contributed by atoms with van der Waals surface area (Å²) >= 11 is 0. The second kappa shape index (κ2) is 4.74. The van der Waals surface area contributed by atoms with Gasteiger partial charge in [0, 0.05) is 19.2 Å². The molecule has 0 aromatic carbocycles. The van der Waals surface area contributed by atoms with Crippen LogP contribution in [0, 0.1) is 0 Å². The van der Waals surface area contributed by atoms with Gasteiger partial charge < -0.3 is 14.9 Å². The summed E-state index contributed by atoms with van der Waals surface area (Å²) in [5.41, 5.74) is 6.35. The molecule has 12 heavy (non-hydrogen) atoms. The number of hydrogen-bond donors (Lipinski definition) is 1. The molecule has 0 radical (unpaired) electrons. The van der Waals surface area contributed by atoms with E-state index in [-0.39, 0.29) is 0 Å². The Balaban J connectivity index is 2.69. The molecule has 1 rings (SSSR count). The van der Waals surface area contributed by atoms with Crippen molar-refractivity contribution in [3.8, 4) is 0 Å². The van der Waals surface area contributed by atoms with E-state index in [1.807, 2.05) is 18.2 Å². The number of furan rings is 1. The van der Waals surface area contributed by atoms with Crippen molar-refractivity contribution in [1.29, 1.82) is 0 Å². The molecule has 0 amide bonds. The van der Waals surface area contributed by atoms with Gasteiger partial charge in [0.05, 0.1) is 12.9 Å². The van der Waals surface area contributed by atoms with Crippen LogP contribution in [0.25, 0.3) is 6.08 Å². The highest BCUT2D eigenvalue weighted by atomic mass is 16.5. The summed E-state index contributed by atoms with van der Waals surface area (Å²) in [6.45, 7) is 1.09. The highest BCUT2D eigenvalue weighted by Gasteiger charge is 2.00. The van der Waals surface area contributed by atoms with Gasteiger partial charge in [-0.3, -0.25) is 0 Å². The molecule has 0 saturated heterocycles. The molecular formula is C9H13NO2. The summed E-state index contributed by atoms with van der Waals surface area (Å²) in [6.07, 6.45) is 5.34. The predicted octanol–water partition coefficient (Wildman–Crippen LogP) is 1.40. The van der Waals surface area contributed by atoms with Gasteiger partial charge in [-0.15, -0.1) is 0 Å². The molecule has 0 aliphatic carbocycles. The van der Waals surface area contributed by atoms with Gasteiger partial charge in [0.2, 0.25) is 0 Å². The average Bonchev–Trinajstić information content (AvgIpc) is 2.50. The molecule has 1 aromatic rings. The minimum atomic E-state index is 0.521. The van der Waals surface area contributed by atoms with Crippen LogP contribution in [0.2, 0.25) is 0 Å². The molecule has 0 saturated carbocycles. The zero-order valence-corrected chi connectivity index (χ0v) is 7.12. The topological polar surface area (TPSA) is 48.4 Å². The van der Waals surface area contributed by atoms with Gasteiger partial charge in [-0.2, -0.15) is 0 Å². The number of hydrogen-bond acceptors (Lipinski definition) is 3. The molecule has 1 heterocycles. The van der Waals surface area contributed by atoms with Gasteiger partial charge in [0.1, 0.15) is 5.76 Å². The van der Waals surface area contributed by atoms with Crippen molar-refractivity contribution in [2.45, 2.75) is 6.61 Å². The molecule has 3 nitrogen and oxygen atoms in total. The number of methoxy groups -OCH3 is 1. The lowest BCUT2D eigenvalue weighted by Crippen LogP contribution is -1.92. The normalized spacial score (nSPS) is 11.2. The van der Waals surface area contributed by atoms with E-state index >= 15 is 0 Å². The van der Waals surface area contributed by atoms with Gasteiger partial charge in [-0.05, 0) is 12.1 Å². The van der Waals surface area contributed by atoms with Crippen molar-refractivity contribution in [1.82, 2.24) is 0 Å². The van der Waals surface area contributed by atoms with Crippen LogP contribution in [0.3, 0.4) is 0 Å². The van der Waals surface area contributed by atoms with E-state index < -0.39 is 0 Å². The van der Waals surface area contributed by atoms with Crippen LogP contribution < -0.4 is 5.73 Å². The fourth-order valence-corrected chi connectivity index (χ4v) is 0.943. The first kappa shape index (κ1) is 9.03. The molecule has 0 unspecified atom stereocenters. The summed E-state index contributed by atoms with van der Waals surface area (Å²) in [5.74, 6) is 0.822. The third kappa shape index (κ3) is 2.22. The molecule has 66 valence electrons. The average molecular weight is 167 g/mol. The first-order valence-corrected chi connectivity index (χ1v) is 3.80. The van der Waals surface area contributed by atoms with Crippen molar-refractivity contribution in [3.63, 3.8) is 0 Å². The molecule has 0 aliphatic heterocycles. The van der Waals surface area contributed by atoms with Crippen LogP contribution in [0.15, 0.2) is 22.8 Å². The number of rotatable bonds is 4. The van der Waals surface area contributed by atoms with Crippen molar-refractivity contribution in [2.24, 2.45) is 5.73 Å². The summed E-state index contributed by atoms with van der Waals surface area (Å²) in [4.78, 5) is 0.